The third-order valence-electron chi connectivity index (χ3n) is 6.49. The van der Waals surface area contributed by atoms with Crippen molar-refractivity contribution in [1.29, 1.82) is 0 Å². The van der Waals surface area contributed by atoms with Gasteiger partial charge in [-0.15, -0.1) is 0 Å². The van der Waals surface area contributed by atoms with Crippen LogP contribution in [0.5, 0.6) is 17.2 Å². The van der Waals surface area contributed by atoms with Crippen LogP contribution in [0.25, 0.3) is 0 Å². The number of benzene rings is 2. The van der Waals surface area contributed by atoms with Gasteiger partial charge in [-0.1, -0.05) is 12.1 Å². The van der Waals surface area contributed by atoms with Crippen LogP contribution in [-0.2, 0) is 11.2 Å². The number of rotatable bonds is 6. The molecule has 3 heterocycles. The predicted octanol–water partition coefficient (Wildman–Crippen LogP) is 0.778. The zero-order chi connectivity index (χ0) is 22.9. The van der Waals surface area contributed by atoms with Crippen LogP contribution in [-0.4, -0.2) is 77.5 Å². The molecule has 6 atom stereocenters. The molecule has 0 radical (unpaired) electrons. The Kier molecular flexibility index (Phi) is 6.31. The Bertz CT molecular complexity index is 983. The molecule has 3 aliphatic heterocycles. The average Bonchev–Trinajstić information content (AvgIpc) is 3.27. The Labute approximate surface area is 191 Å². The first-order valence-corrected chi connectivity index (χ1v) is 11.3. The molecule has 0 bridgehead atoms. The van der Waals surface area contributed by atoms with Crippen molar-refractivity contribution in [3.63, 3.8) is 0 Å². The molecular weight excluding hydrogens is 430 g/mol. The topological polar surface area (TPSA) is 130 Å². The molecule has 5 rings (SSSR count). The second-order valence-electron chi connectivity index (χ2n) is 8.63. The molecule has 5 N–H and O–H groups in total. The highest BCUT2D eigenvalue weighted by atomic mass is 16.7. The predicted molar refractivity (Wildman–Crippen MR) is 118 cm³/mol. The van der Waals surface area contributed by atoms with Gasteiger partial charge in [-0.2, -0.15) is 0 Å². The van der Waals surface area contributed by atoms with Crippen LogP contribution in [0.3, 0.4) is 0 Å². The molecular formula is C24H29NO8. The van der Waals surface area contributed by atoms with Crippen molar-refractivity contribution in [3.05, 3.63) is 47.5 Å². The lowest BCUT2D eigenvalue weighted by Gasteiger charge is -2.39. The quantitative estimate of drug-likeness (QED) is 0.425. The number of fused-ring (bicyclic) bond motifs is 2. The second kappa shape index (κ2) is 9.36. The van der Waals surface area contributed by atoms with Crippen molar-refractivity contribution in [2.24, 2.45) is 0 Å². The third kappa shape index (κ3) is 4.34. The molecule has 0 aromatic heterocycles. The summed E-state index contributed by atoms with van der Waals surface area (Å²) in [5.74, 6) is 2.24. The van der Waals surface area contributed by atoms with Crippen molar-refractivity contribution in [2.45, 2.75) is 49.5 Å². The molecule has 1 fully saturated rings. The van der Waals surface area contributed by atoms with E-state index < -0.39 is 37.3 Å². The van der Waals surface area contributed by atoms with Crippen LogP contribution >= 0.6 is 0 Å². The maximum atomic E-state index is 10.4. The molecule has 2 aromatic carbocycles. The summed E-state index contributed by atoms with van der Waals surface area (Å²) >= 11 is 0. The number of ether oxygens (including phenoxy) is 4. The normalized spacial score (nSPS) is 30.4. The Balaban J connectivity index is 1.31. The van der Waals surface area contributed by atoms with E-state index in [1.165, 1.54) is 0 Å². The van der Waals surface area contributed by atoms with Crippen molar-refractivity contribution in [1.82, 2.24) is 0 Å². The number of aliphatic hydroxyl groups excluding tert-OH is 4. The number of anilines is 1. The van der Waals surface area contributed by atoms with E-state index in [9.17, 15) is 20.4 Å². The van der Waals surface area contributed by atoms with Gasteiger partial charge in [-0.25, -0.2) is 0 Å². The van der Waals surface area contributed by atoms with Crippen molar-refractivity contribution in [2.75, 3.05) is 31.7 Å². The van der Waals surface area contributed by atoms with Gasteiger partial charge < -0.3 is 44.7 Å². The summed E-state index contributed by atoms with van der Waals surface area (Å²) in [6.45, 7) is 1.36. The lowest BCUT2D eigenvalue weighted by molar-refractivity contribution is -0.277. The molecule has 1 saturated heterocycles. The summed E-state index contributed by atoms with van der Waals surface area (Å²) in [7, 11) is 0. The molecule has 0 saturated carbocycles. The minimum Gasteiger partial charge on any atom is -0.486 e. The highest BCUT2D eigenvalue weighted by molar-refractivity contribution is 5.63. The molecule has 178 valence electrons. The van der Waals surface area contributed by atoms with Crippen molar-refractivity contribution in [3.8, 4) is 17.2 Å². The zero-order valence-corrected chi connectivity index (χ0v) is 18.1. The monoisotopic (exact) mass is 459 g/mol. The van der Waals surface area contributed by atoms with Crippen LogP contribution < -0.4 is 19.5 Å². The van der Waals surface area contributed by atoms with Crippen LogP contribution in [0.15, 0.2) is 36.4 Å². The molecule has 9 nitrogen and oxygen atoms in total. The van der Waals surface area contributed by atoms with Crippen LogP contribution in [0.1, 0.15) is 23.5 Å². The van der Waals surface area contributed by atoms with E-state index in [0.29, 0.717) is 19.0 Å². The third-order valence-corrected chi connectivity index (χ3v) is 6.49. The Morgan fingerprint density at radius 1 is 0.970 bits per heavy atom. The highest BCUT2D eigenvalue weighted by Gasteiger charge is 2.45. The molecule has 0 amide bonds. The summed E-state index contributed by atoms with van der Waals surface area (Å²) in [4.78, 5) is 0. The van der Waals surface area contributed by atoms with Gasteiger partial charge >= 0.3 is 0 Å². The van der Waals surface area contributed by atoms with E-state index in [2.05, 4.69) is 5.32 Å². The van der Waals surface area contributed by atoms with Gasteiger partial charge in [0.1, 0.15) is 43.4 Å². The average molecular weight is 459 g/mol. The number of nitrogens with one attached hydrogen (secondary N) is 1. The van der Waals surface area contributed by atoms with Crippen LogP contribution in [0, 0.1) is 0 Å². The van der Waals surface area contributed by atoms with Gasteiger partial charge in [-0.05, 0) is 42.7 Å². The Morgan fingerprint density at radius 3 is 2.61 bits per heavy atom. The Morgan fingerprint density at radius 2 is 1.79 bits per heavy atom. The zero-order valence-electron chi connectivity index (χ0n) is 18.1. The summed E-state index contributed by atoms with van der Waals surface area (Å²) in [5, 5.41) is 43.3. The molecule has 33 heavy (non-hydrogen) atoms. The first-order valence-electron chi connectivity index (χ1n) is 11.3. The summed E-state index contributed by atoms with van der Waals surface area (Å²) in [6, 6.07) is 11.6. The lowest BCUT2D eigenvalue weighted by atomic mass is 9.93. The fourth-order valence-corrected chi connectivity index (χ4v) is 4.68. The van der Waals surface area contributed by atoms with Crippen LogP contribution in [0.4, 0.5) is 5.69 Å². The largest absolute Gasteiger partial charge is 0.486 e. The minimum atomic E-state index is -1.48. The fraction of sp³-hybridized carbons (Fsp3) is 0.500. The highest BCUT2D eigenvalue weighted by Crippen LogP contribution is 2.42. The van der Waals surface area contributed by atoms with Crippen LogP contribution in [0.2, 0.25) is 0 Å². The summed E-state index contributed by atoms with van der Waals surface area (Å²) < 4.78 is 22.8. The van der Waals surface area contributed by atoms with Gasteiger partial charge in [0.05, 0.1) is 6.61 Å². The number of hydrogen-bond donors (Lipinski definition) is 5. The van der Waals surface area contributed by atoms with E-state index in [0.717, 1.165) is 47.7 Å². The second-order valence-corrected chi connectivity index (χ2v) is 8.63. The maximum absolute atomic E-state index is 10.4. The fourth-order valence-electron chi connectivity index (χ4n) is 4.68. The summed E-state index contributed by atoms with van der Waals surface area (Å²) in [5.41, 5.74) is 3.08. The number of hydrogen-bond acceptors (Lipinski definition) is 9. The van der Waals surface area contributed by atoms with Gasteiger partial charge in [0.15, 0.2) is 11.5 Å². The van der Waals surface area contributed by atoms with Gasteiger partial charge in [0.2, 0.25) is 6.29 Å². The minimum absolute atomic E-state index is 0.161. The molecule has 3 aliphatic rings. The van der Waals surface area contributed by atoms with E-state index in [1.807, 2.05) is 30.3 Å². The lowest BCUT2D eigenvalue weighted by Crippen LogP contribution is -2.60. The van der Waals surface area contributed by atoms with E-state index in [1.54, 1.807) is 6.07 Å². The first-order chi connectivity index (χ1) is 16.0. The van der Waals surface area contributed by atoms with Gasteiger partial charge in [-0.3, -0.25) is 0 Å². The SMILES string of the molecule is OC[C@H]1O[C@@H](Oc2cccc3c2C(CCc2ccc4c(c2)OCCO4)CN3)[C@H](O)[C@@H](O)[C@@H]1O. The number of aryl methyl sites for hydroxylation is 1. The van der Waals surface area contributed by atoms with E-state index in [-0.39, 0.29) is 5.92 Å². The smallest absolute Gasteiger partial charge is 0.229 e. The van der Waals surface area contributed by atoms with Gasteiger partial charge in [0.25, 0.3) is 0 Å². The van der Waals surface area contributed by atoms with Crippen molar-refractivity contribution >= 4 is 5.69 Å². The summed E-state index contributed by atoms with van der Waals surface area (Å²) in [6.07, 6.45) is -4.91. The van der Waals surface area contributed by atoms with Gasteiger partial charge in [0, 0.05) is 23.7 Å². The molecule has 9 heteroatoms. The Hall–Kier alpha value is -2.56. The standard InChI is InChI=1S/C24H29NO8/c26-12-19-21(27)22(28)23(29)24(33-19)32-17-3-1-2-15-20(17)14(11-25-15)6-4-13-5-7-16-18(10-13)31-9-8-30-16/h1-3,5,7,10,14,19,21-29H,4,6,8-9,11-12H2/t14?,19-,21-,22+,23-,24-/m1/s1. The van der Waals surface area contributed by atoms with E-state index in [4.69, 9.17) is 18.9 Å². The number of aliphatic hydroxyl groups is 4. The molecule has 1 unspecified atom stereocenters. The van der Waals surface area contributed by atoms with E-state index >= 15 is 0 Å². The maximum Gasteiger partial charge on any atom is 0.229 e. The molecule has 0 spiro atoms. The van der Waals surface area contributed by atoms with Crippen molar-refractivity contribution < 1.29 is 39.4 Å². The molecule has 0 aliphatic carbocycles. The molecule has 2 aromatic rings. The first kappa shape index (κ1) is 22.2.